The molecule has 0 aromatic carbocycles. The number of carbonyl (C=O) groups excluding carboxylic acids is 1. The Labute approximate surface area is 109 Å². The van der Waals surface area contributed by atoms with Crippen molar-refractivity contribution in [1.82, 2.24) is 0 Å². The zero-order chi connectivity index (χ0) is 13.2. The van der Waals surface area contributed by atoms with E-state index in [9.17, 15) is 4.79 Å². The van der Waals surface area contributed by atoms with Crippen LogP contribution in [0.3, 0.4) is 0 Å². The van der Waals surface area contributed by atoms with Crippen LogP contribution in [0, 0.1) is 5.92 Å². The van der Waals surface area contributed by atoms with Crippen molar-refractivity contribution in [3.63, 3.8) is 0 Å². The zero-order valence-electron chi connectivity index (χ0n) is 11.6. The minimum atomic E-state index is -0.450. The molecule has 4 heteroatoms. The number of rotatable bonds is 2. The molecule has 0 aromatic rings. The summed E-state index contributed by atoms with van der Waals surface area (Å²) in [4.78, 5) is 11.4. The van der Waals surface area contributed by atoms with Gasteiger partial charge in [-0.3, -0.25) is 4.79 Å². The Kier molecular flexibility index (Phi) is 4.28. The molecule has 0 bridgehead atoms. The van der Waals surface area contributed by atoms with E-state index in [0.29, 0.717) is 12.3 Å². The Morgan fingerprint density at radius 1 is 1.28 bits per heavy atom. The molecule has 0 amide bonds. The summed E-state index contributed by atoms with van der Waals surface area (Å²) in [5.74, 6) is -0.262. The lowest BCUT2D eigenvalue weighted by Gasteiger charge is -2.29. The molecule has 2 fully saturated rings. The van der Waals surface area contributed by atoms with Gasteiger partial charge in [0.2, 0.25) is 0 Å². The molecule has 0 unspecified atom stereocenters. The molecule has 2 rings (SSSR count). The van der Waals surface area contributed by atoms with Crippen molar-refractivity contribution in [2.45, 2.75) is 70.4 Å². The molecule has 2 aliphatic rings. The average molecular weight is 256 g/mol. The summed E-state index contributed by atoms with van der Waals surface area (Å²) in [6, 6.07) is 0. The summed E-state index contributed by atoms with van der Waals surface area (Å²) in [6.45, 7) is 4.11. The Hall–Kier alpha value is -0.610. The zero-order valence-corrected chi connectivity index (χ0v) is 11.6. The van der Waals surface area contributed by atoms with E-state index < -0.39 is 5.79 Å². The van der Waals surface area contributed by atoms with Crippen molar-refractivity contribution in [2.75, 3.05) is 7.11 Å². The Morgan fingerprint density at radius 3 is 2.56 bits per heavy atom. The Morgan fingerprint density at radius 2 is 1.94 bits per heavy atom. The van der Waals surface area contributed by atoms with Gasteiger partial charge in [-0.1, -0.05) is 6.42 Å². The molecule has 4 nitrogen and oxygen atoms in total. The van der Waals surface area contributed by atoms with Crippen LogP contribution in [0.4, 0.5) is 0 Å². The summed E-state index contributed by atoms with van der Waals surface area (Å²) >= 11 is 0. The van der Waals surface area contributed by atoms with Crippen LogP contribution in [0.15, 0.2) is 0 Å². The predicted octanol–water partition coefficient (Wildman–Crippen LogP) is 2.65. The van der Waals surface area contributed by atoms with Crippen molar-refractivity contribution >= 4 is 5.97 Å². The first-order valence-corrected chi connectivity index (χ1v) is 6.97. The number of carbonyl (C=O) groups is 1. The third-order valence-electron chi connectivity index (χ3n) is 4.17. The number of methoxy groups -OCH3 is 1. The molecule has 0 N–H and O–H groups in total. The number of ether oxygens (including phenoxy) is 3. The Balaban J connectivity index is 2.01. The second-order valence-corrected chi connectivity index (χ2v) is 5.65. The lowest BCUT2D eigenvalue weighted by molar-refractivity contribution is -0.187. The maximum Gasteiger partial charge on any atom is 0.305 e. The van der Waals surface area contributed by atoms with Crippen LogP contribution in [0.1, 0.15) is 52.4 Å². The molecule has 0 radical (unpaired) electrons. The Bertz CT molecular complexity index is 292. The van der Waals surface area contributed by atoms with Crippen molar-refractivity contribution in [1.29, 1.82) is 0 Å². The summed E-state index contributed by atoms with van der Waals surface area (Å²) in [5.41, 5.74) is 0. The van der Waals surface area contributed by atoms with Gasteiger partial charge in [0.25, 0.3) is 0 Å². The lowest BCUT2D eigenvalue weighted by Crippen LogP contribution is -2.33. The van der Waals surface area contributed by atoms with Gasteiger partial charge in [-0.2, -0.15) is 0 Å². The van der Waals surface area contributed by atoms with Crippen molar-refractivity contribution in [3.8, 4) is 0 Å². The highest BCUT2D eigenvalue weighted by atomic mass is 16.8. The fourth-order valence-electron chi connectivity index (χ4n) is 3.08. The summed E-state index contributed by atoms with van der Waals surface area (Å²) in [5, 5.41) is 0. The van der Waals surface area contributed by atoms with E-state index in [1.807, 2.05) is 0 Å². The number of hydrogen-bond donors (Lipinski definition) is 0. The monoisotopic (exact) mass is 256 g/mol. The van der Waals surface area contributed by atoms with Gasteiger partial charge in [-0.05, 0) is 32.6 Å². The van der Waals surface area contributed by atoms with E-state index in [4.69, 9.17) is 14.2 Å². The molecule has 1 aliphatic carbocycles. The maximum absolute atomic E-state index is 11.4. The van der Waals surface area contributed by atoms with E-state index in [1.54, 1.807) is 0 Å². The topological polar surface area (TPSA) is 44.8 Å². The normalized spacial score (nSPS) is 35.4. The van der Waals surface area contributed by atoms with Crippen LogP contribution >= 0.6 is 0 Å². The molecule has 1 spiro atoms. The van der Waals surface area contributed by atoms with Crippen LogP contribution in [0.25, 0.3) is 0 Å². The fourth-order valence-corrected chi connectivity index (χ4v) is 3.08. The van der Waals surface area contributed by atoms with Gasteiger partial charge in [-0.25, -0.2) is 0 Å². The molecule has 18 heavy (non-hydrogen) atoms. The fraction of sp³-hybridized carbons (Fsp3) is 0.929. The summed E-state index contributed by atoms with van der Waals surface area (Å²) in [6.07, 6.45) is 5.83. The molecule has 1 heterocycles. The standard InChI is InChI=1S/C14H24O4/c1-10-11(2)18-14(17-10)7-5-4-6-12(9-14)8-13(15)16-3/h10-12H,4-9H2,1-3H3/t10-,11-,12-/m1/s1. The molecular formula is C14H24O4. The van der Waals surface area contributed by atoms with Gasteiger partial charge in [0.1, 0.15) is 0 Å². The van der Waals surface area contributed by atoms with E-state index in [1.165, 1.54) is 7.11 Å². The molecule has 1 aliphatic heterocycles. The smallest absolute Gasteiger partial charge is 0.305 e. The third-order valence-corrected chi connectivity index (χ3v) is 4.17. The van der Waals surface area contributed by atoms with Crippen LogP contribution in [0.2, 0.25) is 0 Å². The first kappa shape index (κ1) is 13.8. The van der Waals surface area contributed by atoms with Crippen LogP contribution in [-0.4, -0.2) is 31.1 Å². The van der Waals surface area contributed by atoms with E-state index >= 15 is 0 Å². The van der Waals surface area contributed by atoms with E-state index in [2.05, 4.69) is 13.8 Å². The van der Waals surface area contributed by atoms with Crippen molar-refractivity contribution in [3.05, 3.63) is 0 Å². The van der Waals surface area contributed by atoms with Gasteiger partial charge in [0.15, 0.2) is 5.79 Å². The molecule has 3 atom stereocenters. The van der Waals surface area contributed by atoms with Gasteiger partial charge < -0.3 is 14.2 Å². The van der Waals surface area contributed by atoms with Crippen molar-refractivity contribution in [2.24, 2.45) is 5.92 Å². The van der Waals surface area contributed by atoms with Gasteiger partial charge in [-0.15, -0.1) is 0 Å². The summed E-state index contributed by atoms with van der Waals surface area (Å²) in [7, 11) is 1.45. The van der Waals surface area contributed by atoms with Gasteiger partial charge >= 0.3 is 5.97 Å². The predicted molar refractivity (Wildman–Crippen MR) is 67.0 cm³/mol. The van der Waals surface area contributed by atoms with Crippen LogP contribution in [0.5, 0.6) is 0 Å². The molecular weight excluding hydrogens is 232 g/mol. The maximum atomic E-state index is 11.4. The highest BCUT2D eigenvalue weighted by molar-refractivity contribution is 5.69. The van der Waals surface area contributed by atoms with Gasteiger partial charge in [0.05, 0.1) is 19.3 Å². The third kappa shape index (κ3) is 3.04. The van der Waals surface area contributed by atoms with Gasteiger partial charge in [0, 0.05) is 19.3 Å². The first-order valence-electron chi connectivity index (χ1n) is 6.97. The highest BCUT2D eigenvalue weighted by Crippen LogP contribution is 2.42. The number of hydrogen-bond acceptors (Lipinski definition) is 4. The van der Waals surface area contributed by atoms with E-state index in [-0.39, 0.29) is 18.2 Å². The quantitative estimate of drug-likeness (QED) is 0.712. The molecule has 0 aromatic heterocycles. The molecule has 1 saturated carbocycles. The highest BCUT2D eigenvalue weighted by Gasteiger charge is 2.46. The number of esters is 1. The van der Waals surface area contributed by atoms with Crippen molar-refractivity contribution < 1.29 is 19.0 Å². The first-order chi connectivity index (χ1) is 8.54. The second kappa shape index (κ2) is 5.57. The SMILES string of the molecule is COC(=O)C[C@H]1CCCCC2(C1)O[C@H](C)[C@@H](C)O2. The second-order valence-electron chi connectivity index (χ2n) is 5.65. The minimum absolute atomic E-state index is 0.129. The largest absolute Gasteiger partial charge is 0.469 e. The van der Waals surface area contributed by atoms with E-state index in [0.717, 1.165) is 32.1 Å². The molecule has 1 saturated heterocycles. The molecule has 104 valence electrons. The van der Waals surface area contributed by atoms with Crippen LogP contribution < -0.4 is 0 Å². The summed E-state index contributed by atoms with van der Waals surface area (Å²) < 4.78 is 16.9. The minimum Gasteiger partial charge on any atom is -0.469 e. The average Bonchev–Trinajstić information content (AvgIpc) is 2.50. The van der Waals surface area contributed by atoms with Crippen LogP contribution in [-0.2, 0) is 19.0 Å². The lowest BCUT2D eigenvalue weighted by atomic mass is 9.94.